The molecule has 11 nitrogen and oxygen atoms in total. The van der Waals surface area contributed by atoms with Crippen molar-refractivity contribution in [2.75, 3.05) is 36.5 Å². The van der Waals surface area contributed by atoms with Crippen LogP contribution in [0, 0.1) is 24.0 Å². The van der Waals surface area contributed by atoms with Gasteiger partial charge >= 0.3 is 0 Å². The lowest BCUT2D eigenvalue weighted by atomic mass is 10.1. The molecule has 0 unspecified atom stereocenters. The Bertz CT molecular complexity index is 1610. The van der Waals surface area contributed by atoms with Crippen LogP contribution in [0.25, 0.3) is 22.6 Å². The molecule has 0 bridgehead atoms. The first-order chi connectivity index (χ1) is 18.7. The van der Waals surface area contributed by atoms with E-state index in [0.717, 1.165) is 11.1 Å². The Labute approximate surface area is 228 Å². The van der Waals surface area contributed by atoms with Gasteiger partial charge in [0.15, 0.2) is 10.7 Å². The Hall–Kier alpha value is -4.55. The number of morpholine rings is 1. The molecule has 1 aliphatic rings. The number of hydrogen-bond donors (Lipinski definition) is 3. The third-order valence-electron chi connectivity index (χ3n) is 6.32. The quantitative estimate of drug-likeness (QED) is 0.183. The van der Waals surface area contributed by atoms with Crippen LogP contribution in [0.2, 0.25) is 0 Å². The second-order valence-electron chi connectivity index (χ2n) is 9.15. The van der Waals surface area contributed by atoms with E-state index in [1.54, 1.807) is 18.2 Å². The van der Waals surface area contributed by atoms with E-state index in [1.807, 2.05) is 30.9 Å². The molecular formula is C27H25N5O6S. The maximum Gasteiger partial charge on any atom is 0.293 e. The molecule has 39 heavy (non-hydrogen) atoms. The van der Waals surface area contributed by atoms with Crippen LogP contribution in [0.4, 0.5) is 17.1 Å². The predicted molar refractivity (Wildman–Crippen MR) is 150 cm³/mol. The van der Waals surface area contributed by atoms with Crippen LogP contribution in [0.15, 0.2) is 52.9 Å². The third-order valence-corrected chi connectivity index (χ3v) is 6.52. The molecule has 1 aromatic heterocycles. The smallest absolute Gasteiger partial charge is 0.293 e. The zero-order chi connectivity index (χ0) is 27.7. The molecule has 5 rings (SSSR count). The lowest BCUT2D eigenvalue weighted by molar-refractivity contribution is -0.384. The van der Waals surface area contributed by atoms with E-state index in [4.69, 9.17) is 21.4 Å². The summed E-state index contributed by atoms with van der Waals surface area (Å²) in [5, 5.41) is 27.6. The molecule has 4 aromatic rings. The number of nitro benzene ring substituents is 1. The first-order valence-electron chi connectivity index (χ1n) is 12.1. The topological polar surface area (TPSA) is 143 Å². The fourth-order valence-corrected chi connectivity index (χ4v) is 4.71. The highest BCUT2D eigenvalue weighted by molar-refractivity contribution is 7.80. The lowest BCUT2D eigenvalue weighted by Gasteiger charge is -2.28. The molecule has 0 atom stereocenters. The molecule has 3 aromatic carbocycles. The van der Waals surface area contributed by atoms with Gasteiger partial charge in [-0.3, -0.25) is 20.2 Å². The highest BCUT2D eigenvalue weighted by Gasteiger charge is 2.24. The fraction of sp³-hybridized carbons (Fsp3) is 0.222. The summed E-state index contributed by atoms with van der Waals surface area (Å²) in [4.78, 5) is 30.3. The van der Waals surface area contributed by atoms with Crippen molar-refractivity contribution in [1.82, 2.24) is 10.3 Å². The summed E-state index contributed by atoms with van der Waals surface area (Å²) < 4.78 is 11.2. The maximum atomic E-state index is 12.8. The summed E-state index contributed by atoms with van der Waals surface area (Å²) in [7, 11) is 0. The Morgan fingerprint density at radius 3 is 2.62 bits per heavy atom. The van der Waals surface area contributed by atoms with Crippen LogP contribution >= 0.6 is 12.2 Å². The van der Waals surface area contributed by atoms with Crippen molar-refractivity contribution in [3.05, 3.63) is 75.3 Å². The van der Waals surface area contributed by atoms with Gasteiger partial charge < -0.3 is 24.5 Å². The Morgan fingerprint density at radius 2 is 1.90 bits per heavy atom. The molecule has 0 saturated carbocycles. The Kier molecular flexibility index (Phi) is 7.13. The van der Waals surface area contributed by atoms with Crippen molar-refractivity contribution < 1.29 is 24.0 Å². The number of carbonyl (C=O) groups excluding carboxylic acids is 1. The predicted octanol–water partition coefficient (Wildman–Crippen LogP) is 4.69. The van der Waals surface area contributed by atoms with E-state index >= 15 is 0 Å². The summed E-state index contributed by atoms with van der Waals surface area (Å²) in [5.74, 6) is -0.424. The van der Waals surface area contributed by atoms with Crippen molar-refractivity contribution in [2.24, 2.45) is 0 Å². The number of fused-ring (bicyclic) bond motifs is 1. The second-order valence-corrected chi connectivity index (χ2v) is 9.56. The van der Waals surface area contributed by atoms with Crippen LogP contribution in [0.1, 0.15) is 21.5 Å². The SMILES string of the molecule is Cc1cc(C)c2oc(-c3ccc(NC(=S)NC(=O)c4ccc(N5CCOCC5)c([N+](=O)[O-])c4)cc3O)nc2c1. The molecule has 0 aliphatic carbocycles. The molecule has 1 aliphatic heterocycles. The van der Waals surface area contributed by atoms with Gasteiger partial charge in [-0.05, 0) is 67.5 Å². The number of rotatable bonds is 5. The number of carbonyl (C=O) groups is 1. The number of amides is 1. The number of hydrogen-bond acceptors (Lipinski definition) is 9. The van der Waals surface area contributed by atoms with Crippen LogP contribution in [0.5, 0.6) is 5.75 Å². The molecule has 3 N–H and O–H groups in total. The zero-order valence-corrected chi connectivity index (χ0v) is 22.0. The lowest BCUT2D eigenvalue weighted by Crippen LogP contribution is -2.37. The van der Waals surface area contributed by atoms with Crippen LogP contribution in [-0.4, -0.2) is 52.3 Å². The van der Waals surface area contributed by atoms with Gasteiger partial charge in [0.25, 0.3) is 11.6 Å². The number of nitrogens with zero attached hydrogens (tertiary/aromatic N) is 3. The number of oxazole rings is 1. The number of phenols is 1. The molecule has 2 heterocycles. The van der Waals surface area contributed by atoms with Crippen molar-refractivity contribution in [1.29, 1.82) is 0 Å². The number of anilines is 2. The van der Waals surface area contributed by atoms with Gasteiger partial charge in [0, 0.05) is 36.5 Å². The zero-order valence-electron chi connectivity index (χ0n) is 21.2. The van der Waals surface area contributed by atoms with E-state index < -0.39 is 10.8 Å². The molecular weight excluding hydrogens is 522 g/mol. The van der Waals surface area contributed by atoms with Crippen molar-refractivity contribution in [3.63, 3.8) is 0 Å². The molecule has 12 heteroatoms. The summed E-state index contributed by atoms with van der Waals surface area (Å²) in [6.07, 6.45) is 0. The van der Waals surface area contributed by atoms with Gasteiger partial charge in [0.05, 0.1) is 23.7 Å². The van der Waals surface area contributed by atoms with Gasteiger partial charge in [0.2, 0.25) is 5.89 Å². The Balaban J connectivity index is 1.28. The largest absolute Gasteiger partial charge is 0.507 e. The van der Waals surface area contributed by atoms with E-state index in [0.29, 0.717) is 54.3 Å². The Morgan fingerprint density at radius 1 is 1.13 bits per heavy atom. The summed E-state index contributed by atoms with van der Waals surface area (Å²) in [6, 6.07) is 12.9. The van der Waals surface area contributed by atoms with E-state index in [9.17, 15) is 20.0 Å². The minimum atomic E-state index is -0.609. The summed E-state index contributed by atoms with van der Waals surface area (Å²) >= 11 is 5.25. The number of thiocarbonyl (C=S) groups is 1. The van der Waals surface area contributed by atoms with Gasteiger partial charge in [-0.25, -0.2) is 4.98 Å². The molecule has 1 fully saturated rings. The van der Waals surface area contributed by atoms with E-state index in [-0.39, 0.29) is 28.0 Å². The minimum Gasteiger partial charge on any atom is -0.507 e. The number of aromatic nitrogens is 1. The van der Waals surface area contributed by atoms with Crippen LogP contribution in [-0.2, 0) is 4.74 Å². The number of ether oxygens (including phenoxy) is 1. The average molecular weight is 548 g/mol. The van der Waals surface area contributed by atoms with E-state index in [2.05, 4.69) is 15.6 Å². The fourth-order valence-electron chi connectivity index (χ4n) is 4.50. The highest BCUT2D eigenvalue weighted by Crippen LogP contribution is 2.34. The van der Waals surface area contributed by atoms with Crippen LogP contribution in [0.3, 0.4) is 0 Å². The number of aryl methyl sites for hydroxylation is 2. The van der Waals surface area contributed by atoms with Crippen molar-refractivity contribution in [3.8, 4) is 17.2 Å². The van der Waals surface area contributed by atoms with Crippen LogP contribution < -0.4 is 15.5 Å². The normalized spacial score (nSPS) is 13.3. The first-order valence-corrected chi connectivity index (χ1v) is 12.5. The first kappa shape index (κ1) is 26.1. The third kappa shape index (κ3) is 5.52. The number of nitro groups is 1. The van der Waals surface area contributed by atoms with Gasteiger partial charge in [-0.2, -0.15) is 0 Å². The molecule has 1 saturated heterocycles. The van der Waals surface area contributed by atoms with Crippen molar-refractivity contribution in [2.45, 2.75) is 13.8 Å². The van der Waals surface area contributed by atoms with Gasteiger partial charge in [-0.15, -0.1) is 0 Å². The monoisotopic (exact) mass is 547 g/mol. The van der Waals surface area contributed by atoms with Crippen molar-refractivity contribution >= 4 is 51.4 Å². The number of aromatic hydroxyl groups is 1. The molecule has 200 valence electrons. The standard InChI is InChI=1S/C27H25N5O6S/c1-15-11-16(2)24-20(12-15)29-26(38-24)19-5-4-18(14-23(19)33)28-27(39)30-25(34)17-3-6-21(22(13-17)32(35)36)31-7-9-37-10-8-31/h3-6,11-14,33H,7-10H2,1-2H3,(H2,28,30,34,39). The molecule has 1 amide bonds. The summed E-state index contributed by atoms with van der Waals surface area (Å²) in [6.45, 7) is 5.91. The number of nitrogens with one attached hydrogen (secondary N) is 2. The van der Waals surface area contributed by atoms with E-state index in [1.165, 1.54) is 18.2 Å². The van der Waals surface area contributed by atoms with Gasteiger partial charge in [0.1, 0.15) is 17.0 Å². The number of phenolic OH excluding ortho intramolecular Hbond substituents is 1. The molecule has 0 radical (unpaired) electrons. The minimum absolute atomic E-state index is 0.0416. The summed E-state index contributed by atoms with van der Waals surface area (Å²) in [5.41, 5.74) is 4.52. The highest BCUT2D eigenvalue weighted by atomic mass is 32.1. The average Bonchev–Trinajstić information content (AvgIpc) is 3.33. The van der Waals surface area contributed by atoms with Gasteiger partial charge in [-0.1, -0.05) is 6.07 Å². The molecule has 0 spiro atoms. The maximum absolute atomic E-state index is 12.8. The second kappa shape index (κ2) is 10.7. The number of benzene rings is 3.